The number of ether oxygens (including phenoxy) is 3. The van der Waals surface area contributed by atoms with Crippen molar-refractivity contribution in [2.75, 3.05) is 20.8 Å². The number of phenols is 2. The van der Waals surface area contributed by atoms with Gasteiger partial charge in [-0.05, 0) is 30.3 Å². The highest BCUT2D eigenvalue weighted by atomic mass is 16.5. The van der Waals surface area contributed by atoms with Crippen molar-refractivity contribution in [2.24, 2.45) is 0 Å². The number of rotatable bonds is 6. The van der Waals surface area contributed by atoms with E-state index in [4.69, 9.17) is 14.2 Å². The molecule has 2 rings (SSSR count). The Bertz CT molecular complexity index is 768. The lowest BCUT2D eigenvalue weighted by molar-refractivity contribution is 0.0473. The molecule has 0 unspecified atom stereocenters. The molecule has 0 atom stereocenters. The van der Waals surface area contributed by atoms with Gasteiger partial charge in [0.2, 0.25) is 5.78 Å². The number of benzene rings is 2. The summed E-state index contributed by atoms with van der Waals surface area (Å²) in [6.45, 7) is -0.497. The summed E-state index contributed by atoms with van der Waals surface area (Å²) in [6.07, 6.45) is 0. The van der Waals surface area contributed by atoms with E-state index in [2.05, 4.69) is 0 Å². The predicted octanol–water partition coefficient (Wildman–Crippen LogP) is 2.15. The van der Waals surface area contributed by atoms with Gasteiger partial charge in [-0.15, -0.1) is 0 Å². The maximum Gasteiger partial charge on any atom is 0.338 e. The molecule has 2 aromatic carbocycles. The van der Waals surface area contributed by atoms with Crippen LogP contribution in [0.5, 0.6) is 23.0 Å². The molecule has 7 nitrogen and oxygen atoms in total. The maximum absolute atomic E-state index is 12.2. The first kappa shape index (κ1) is 17.1. The molecule has 2 N–H and O–H groups in total. The van der Waals surface area contributed by atoms with Gasteiger partial charge in [0.25, 0.3) is 0 Å². The van der Waals surface area contributed by atoms with E-state index in [0.29, 0.717) is 11.5 Å². The summed E-state index contributed by atoms with van der Waals surface area (Å²) in [6, 6.07) is 8.13. The fourth-order valence-corrected chi connectivity index (χ4v) is 1.97. The highest BCUT2D eigenvalue weighted by Crippen LogP contribution is 2.26. The van der Waals surface area contributed by atoms with Crippen molar-refractivity contribution in [3.63, 3.8) is 0 Å². The minimum Gasteiger partial charge on any atom is -0.504 e. The summed E-state index contributed by atoms with van der Waals surface area (Å²) >= 11 is 0. The first-order chi connectivity index (χ1) is 11.5. The highest BCUT2D eigenvalue weighted by Gasteiger charge is 2.17. The predicted molar refractivity (Wildman–Crippen MR) is 83.9 cm³/mol. The zero-order valence-corrected chi connectivity index (χ0v) is 13.1. The fourth-order valence-electron chi connectivity index (χ4n) is 1.97. The average Bonchev–Trinajstić information content (AvgIpc) is 2.60. The lowest BCUT2D eigenvalue weighted by Gasteiger charge is -2.10. The van der Waals surface area contributed by atoms with Crippen molar-refractivity contribution in [3.05, 3.63) is 47.5 Å². The van der Waals surface area contributed by atoms with Gasteiger partial charge in [0.05, 0.1) is 25.3 Å². The fraction of sp³-hybridized carbons (Fsp3) is 0.176. The molecule has 0 aliphatic heterocycles. The van der Waals surface area contributed by atoms with Gasteiger partial charge < -0.3 is 24.4 Å². The van der Waals surface area contributed by atoms with Crippen LogP contribution < -0.4 is 9.47 Å². The average molecular weight is 332 g/mol. The summed E-state index contributed by atoms with van der Waals surface area (Å²) in [5.74, 6) is -1.23. The number of Topliss-reactive ketones (excluding diaryl/α,β-unsaturated/α-hetero) is 1. The Morgan fingerprint density at radius 2 is 1.71 bits per heavy atom. The Morgan fingerprint density at radius 1 is 0.958 bits per heavy atom. The summed E-state index contributed by atoms with van der Waals surface area (Å²) in [5, 5.41) is 18.6. The third kappa shape index (κ3) is 3.75. The van der Waals surface area contributed by atoms with Gasteiger partial charge in [-0.25, -0.2) is 4.79 Å². The number of hydrogen-bond donors (Lipinski definition) is 2. The van der Waals surface area contributed by atoms with Crippen molar-refractivity contribution in [2.45, 2.75) is 0 Å². The number of esters is 1. The van der Waals surface area contributed by atoms with Crippen LogP contribution in [0.4, 0.5) is 0 Å². The molecule has 0 radical (unpaired) electrons. The van der Waals surface area contributed by atoms with Crippen LogP contribution in [-0.2, 0) is 4.74 Å². The molecule has 0 heterocycles. The third-order valence-electron chi connectivity index (χ3n) is 3.25. The maximum atomic E-state index is 12.2. The SMILES string of the molecule is COc1ccc(C(=O)COC(=O)c2ccc(O)c(O)c2)c(OC)c1. The molecule has 24 heavy (non-hydrogen) atoms. The molecular formula is C17H16O7. The van der Waals surface area contributed by atoms with E-state index in [0.717, 1.165) is 12.1 Å². The molecule has 0 saturated carbocycles. The number of phenolic OH excluding ortho intramolecular Hbond substituents is 2. The van der Waals surface area contributed by atoms with E-state index in [9.17, 15) is 19.8 Å². The summed E-state index contributed by atoms with van der Waals surface area (Å²) in [7, 11) is 2.90. The van der Waals surface area contributed by atoms with Gasteiger partial charge in [0.15, 0.2) is 18.1 Å². The van der Waals surface area contributed by atoms with Gasteiger partial charge >= 0.3 is 5.97 Å². The Labute approximate surface area is 138 Å². The first-order valence-electron chi connectivity index (χ1n) is 6.90. The van der Waals surface area contributed by atoms with Crippen LogP contribution >= 0.6 is 0 Å². The summed E-state index contributed by atoms with van der Waals surface area (Å²) < 4.78 is 15.1. The lowest BCUT2D eigenvalue weighted by atomic mass is 10.1. The van der Waals surface area contributed by atoms with E-state index in [-0.39, 0.29) is 16.9 Å². The lowest BCUT2D eigenvalue weighted by Crippen LogP contribution is -2.15. The van der Waals surface area contributed by atoms with Crippen molar-refractivity contribution in [1.82, 2.24) is 0 Å². The molecule has 0 aliphatic carbocycles. The third-order valence-corrected chi connectivity index (χ3v) is 3.25. The van der Waals surface area contributed by atoms with Gasteiger partial charge in [-0.2, -0.15) is 0 Å². The quantitative estimate of drug-likeness (QED) is 0.475. The van der Waals surface area contributed by atoms with Crippen molar-refractivity contribution in [3.8, 4) is 23.0 Å². The van der Waals surface area contributed by atoms with E-state index in [1.54, 1.807) is 12.1 Å². The first-order valence-corrected chi connectivity index (χ1v) is 6.90. The number of hydrogen-bond acceptors (Lipinski definition) is 7. The van der Waals surface area contributed by atoms with Crippen LogP contribution in [0.15, 0.2) is 36.4 Å². The second kappa shape index (κ2) is 7.36. The Balaban J connectivity index is 2.07. The van der Waals surface area contributed by atoms with Crippen molar-refractivity contribution < 1.29 is 34.0 Å². The zero-order chi connectivity index (χ0) is 17.7. The molecule has 0 aromatic heterocycles. The molecule has 0 saturated heterocycles. The minimum absolute atomic E-state index is 0.0137. The summed E-state index contributed by atoms with van der Waals surface area (Å²) in [4.78, 5) is 24.1. The van der Waals surface area contributed by atoms with Crippen molar-refractivity contribution in [1.29, 1.82) is 0 Å². The molecule has 0 spiro atoms. The second-order valence-electron chi connectivity index (χ2n) is 4.77. The highest BCUT2D eigenvalue weighted by molar-refractivity contribution is 6.01. The molecule has 7 heteroatoms. The molecule has 0 bridgehead atoms. The Hall–Kier alpha value is -3.22. The Kier molecular flexibility index (Phi) is 5.26. The molecule has 0 amide bonds. The molecule has 0 aliphatic rings. The van der Waals surface area contributed by atoms with E-state index >= 15 is 0 Å². The molecule has 0 fully saturated rings. The Morgan fingerprint density at radius 3 is 2.33 bits per heavy atom. The van der Waals surface area contributed by atoms with E-state index < -0.39 is 24.1 Å². The molecule has 126 valence electrons. The van der Waals surface area contributed by atoms with Gasteiger partial charge in [0.1, 0.15) is 11.5 Å². The topological polar surface area (TPSA) is 102 Å². The standard InChI is InChI=1S/C17H16O7/c1-22-11-4-5-12(16(8-11)23-2)15(20)9-24-17(21)10-3-6-13(18)14(19)7-10/h3-8,18-19H,9H2,1-2H3. The van der Waals surface area contributed by atoms with Crippen LogP contribution in [0.1, 0.15) is 20.7 Å². The van der Waals surface area contributed by atoms with Crippen LogP contribution in [0, 0.1) is 0 Å². The van der Waals surface area contributed by atoms with Gasteiger partial charge in [0, 0.05) is 6.07 Å². The van der Waals surface area contributed by atoms with Gasteiger partial charge in [-0.3, -0.25) is 4.79 Å². The summed E-state index contributed by atoms with van der Waals surface area (Å²) in [5.41, 5.74) is 0.263. The van der Waals surface area contributed by atoms with Gasteiger partial charge in [-0.1, -0.05) is 0 Å². The smallest absolute Gasteiger partial charge is 0.338 e. The largest absolute Gasteiger partial charge is 0.504 e. The zero-order valence-electron chi connectivity index (χ0n) is 13.1. The molecule has 2 aromatic rings. The number of aromatic hydroxyl groups is 2. The van der Waals surface area contributed by atoms with Crippen LogP contribution in [0.2, 0.25) is 0 Å². The number of ketones is 1. The normalized spacial score (nSPS) is 10.1. The van der Waals surface area contributed by atoms with Crippen molar-refractivity contribution >= 4 is 11.8 Å². The van der Waals surface area contributed by atoms with Crippen LogP contribution in [-0.4, -0.2) is 42.8 Å². The number of carbonyl (C=O) groups excluding carboxylic acids is 2. The van der Waals surface area contributed by atoms with Crippen LogP contribution in [0.3, 0.4) is 0 Å². The number of methoxy groups -OCH3 is 2. The number of carbonyl (C=O) groups is 2. The second-order valence-corrected chi connectivity index (χ2v) is 4.77. The van der Waals surface area contributed by atoms with E-state index in [1.165, 1.54) is 26.4 Å². The van der Waals surface area contributed by atoms with E-state index in [1.807, 2.05) is 0 Å². The minimum atomic E-state index is -0.800. The molecular weight excluding hydrogens is 316 g/mol. The monoisotopic (exact) mass is 332 g/mol. The van der Waals surface area contributed by atoms with Crippen LogP contribution in [0.25, 0.3) is 0 Å².